The van der Waals surface area contributed by atoms with Gasteiger partial charge in [-0.1, -0.05) is 0 Å². The van der Waals surface area contributed by atoms with E-state index < -0.39 is 18.0 Å². The number of benzene rings is 2. The normalized spacial score (nSPS) is 11.2. The average Bonchev–Trinajstić information content (AvgIpc) is 2.72. The van der Waals surface area contributed by atoms with Gasteiger partial charge in [0, 0.05) is 12.1 Å². The molecule has 2 aromatic rings. The number of carbonyl (C=O) groups is 2. The van der Waals surface area contributed by atoms with Crippen LogP contribution in [0.25, 0.3) is 0 Å². The maximum atomic E-state index is 12.1. The molecule has 0 aliphatic carbocycles. The summed E-state index contributed by atoms with van der Waals surface area (Å²) in [5.41, 5.74) is 0.599. The summed E-state index contributed by atoms with van der Waals surface area (Å²) in [5.74, 6) is 1.29. The number of hydrogen-bond donors (Lipinski definition) is 1. The first kappa shape index (κ1) is 21.1. The molecular formula is C21H25NO6. The molecule has 1 amide bonds. The largest absolute Gasteiger partial charge is 0.497 e. The summed E-state index contributed by atoms with van der Waals surface area (Å²) in [4.78, 5) is 24.0. The SMILES string of the molecule is COc1ccc(NC(=O)[C@@H](C)OC(=O)CCCOc2ccc(OC)cc2)cc1. The third kappa shape index (κ3) is 6.83. The Morgan fingerprint density at radius 3 is 2.00 bits per heavy atom. The molecule has 7 heteroatoms. The molecule has 1 N–H and O–H groups in total. The van der Waals surface area contributed by atoms with Crippen LogP contribution < -0.4 is 19.5 Å². The molecule has 28 heavy (non-hydrogen) atoms. The van der Waals surface area contributed by atoms with Gasteiger partial charge in [-0.25, -0.2) is 0 Å². The van der Waals surface area contributed by atoms with Gasteiger partial charge < -0.3 is 24.3 Å². The monoisotopic (exact) mass is 387 g/mol. The van der Waals surface area contributed by atoms with E-state index in [2.05, 4.69) is 5.32 Å². The van der Waals surface area contributed by atoms with Crippen LogP contribution in [0, 0.1) is 0 Å². The lowest BCUT2D eigenvalue weighted by molar-refractivity contribution is -0.153. The molecule has 2 rings (SSSR count). The smallest absolute Gasteiger partial charge is 0.306 e. The molecule has 0 saturated heterocycles. The fraction of sp³-hybridized carbons (Fsp3) is 0.333. The highest BCUT2D eigenvalue weighted by atomic mass is 16.5. The number of carbonyl (C=O) groups excluding carboxylic acids is 2. The van der Waals surface area contributed by atoms with Crippen molar-refractivity contribution < 1.29 is 28.5 Å². The maximum Gasteiger partial charge on any atom is 0.306 e. The summed E-state index contributed by atoms with van der Waals surface area (Å²) in [5, 5.41) is 2.69. The van der Waals surface area contributed by atoms with Crippen molar-refractivity contribution in [2.45, 2.75) is 25.9 Å². The van der Waals surface area contributed by atoms with Gasteiger partial charge in [0.05, 0.1) is 20.8 Å². The van der Waals surface area contributed by atoms with Crippen LogP contribution in [0.15, 0.2) is 48.5 Å². The minimum atomic E-state index is -0.892. The first-order valence-electron chi connectivity index (χ1n) is 8.93. The van der Waals surface area contributed by atoms with Gasteiger partial charge >= 0.3 is 5.97 Å². The Morgan fingerprint density at radius 1 is 0.893 bits per heavy atom. The maximum absolute atomic E-state index is 12.1. The van der Waals surface area contributed by atoms with Crippen LogP contribution in [0.5, 0.6) is 17.2 Å². The summed E-state index contributed by atoms with van der Waals surface area (Å²) in [7, 11) is 3.16. The minimum Gasteiger partial charge on any atom is -0.497 e. The van der Waals surface area contributed by atoms with E-state index in [0.717, 1.165) is 5.75 Å². The highest BCUT2D eigenvalue weighted by Gasteiger charge is 2.17. The highest BCUT2D eigenvalue weighted by Crippen LogP contribution is 2.17. The van der Waals surface area contributed by atoms with Crippen molar-refractivity contribution in [2.24, 2.45) is 0 Å². The second-order valence-electron chi connectivity index (χ2n) is 5.98. The summed E-state index contributed by atoms with van der Waals surface area (Å²) in [6.45, 7) is 1.90. The van der Waals surface area contributed by atoms with Gasteiger partial charge in [-0.3, -0.25) is 9.59 Å². The average molecular weight is 387 g/mol. The molecule has 0 bridgehead atoms. The Hall–Kier alpha value is -3.22. The molecule has 0 radical (unpaired) electrons. The van der Waals surface area contributed by atoms with Crippen molar-refractivity contribution in [3.8, 4) is 17.2 Å². The number of hydrogen-bond acceptors (Lipinski definition) is 6. The molecular weight excluding hydrogens is 362 g/mol. The van der Waals surface area contributed by atoms with Gasteiger partial charge in [0.1, 0.15) is 17.2 Å². The van der Waals surface area contributed by atoms with Crippen molar-refractivity contribution in [3.63, 3.8) is 0 Å². The minimum absolute atomic E-state index is 0.163. The van der Waals surface area contributed by atoms with Crippen molar-refractivity contribution in [2.75, 3.05) is 26.1 Å². The third-order valence-electron chi connectivity index (χ3n) is 3.89. The molecule has 150 valence electrons. The van der Waals surface area contributed by atoms with Crippen molar-refractivity contribution in [1.82, 2.24) is 0 Å². The Kier molecular flexibility index (Phi) is 8.14. The molecule has 2 aromatic carbocycles. The van der Waals surface area contributed by atoms with E-state index in [-0.39, 0.29) is 6.42 Å². The highest BCUT2D eigenvalue weighted by molar-refractivity contribution is 5.95. The van der Waals surface area contributed by atoms with Crippen LogP contribution in [-0.2, 0) is 14.3 Å². The van der Waals surface area contributed by atoms with E-state index in [4.69, 9.17) is 18.9 Å². The number of amides is 1. The van der Waals surface area contributed by atoms with E-state index in [0.29, 0.717) is 30.2 Å². The Balaban J connectivity index is 1.67. The Morgan fingerprint density at radius 2 is 1.43 bits per heavy atom. The fourth-order valence-corrected chi connectivity index (χ4v) is 2.31. The number of anilines is 1. The van der Waals surface area contributed by atoms with Crippen molar-refractivity contribution in [3.05, 3.63) is 48.5 Å². The lowest BCUT2D eigenvalue weighted by Gasteiger charge is -2.14. The molecule has 0 unspecified atom stereocenters. The Bertz CT molecular complexity index is 757. The second kappa shape index (κ2) is 10.8. The predicted molar refractivity (Wildman–Crippen MR) is 105 cm³/mol. The molecule has 0 saturated carbocycles. The summed E-state index contributed by atoms with van der Waals surface area (Å²) in [6.07, 6.45) is -0.245. The number of methoxy groups -OCH3 is 2. The van der Waals surface area contributed by atoms with E-state index >= 15 is 0 Å². The fourth-order valence-electron chi connectivity index (χ4n) is 2.31. The molecule has 0 fully saturated rings. The molecule has 0 heterocycles. The standard InChI is InChI=1S/C21H25NO6/c1-15(21(24)22-16-6-8-17(25-2)9-7-16)28-20(23)5-4-14-27-19-12-10-18(26-3)11-13-19/h6-13,15H,4-5,14H2,1-3H3,(H,22,24)/t15-/m1/s1. The molecule has 0 aliphatic rings. The summed E-state index contributed by atoms with van der Waals surface area (Å²) < 4.78 is 20.9. The zero-order valence-corrected chi connectivity index (χ0v) is 16.3. The van der Waals surface area contributed by atoms with E-state index in [1.807, 2.05) is 0 Å². The van der Waals surface area contributed by atoms with E-state index in [1.54, 1.807) is 62.8 Å². The first-order chi connectivity index (χ1) is 13.5. The summed E-state index contributed by atoms with van der Waals surface area (Å²) in [6, 6.07) is 14.1. The van der Waals surface area contributed by atoms with Crippen molar-refractivity contribution in [1.29, 1.82) is 0 Å². The number of rotatable bonds is 10. The second-order valence-corrected chi connectivity index (χ2v) is 5.98. The van der Waals surface area contributed by atoms with Gasteiger partial charge in [0.2, 0.25) is 0 Å². The Labute approximate surface area is 164 Å². The van der Waals surface area contributed by atoms with Crippen LogP contribution in [0.4, 0.5) is 5.69 Å². The molecule has 0 spiro atoms. The molecule has 1 atom stereocenters. The van der Waals surface area contributed by atoms with Gasteiger partial charge in [0.25, 0.3) is 5.91 Å². The van der Waals surface area contributed by atoms with Crippen LogP contribution in [-0.4, -0.2) is 38.8 Å². The topological polar surface area (TPSA) is 83.1 Å². The van der Waals surface area contributed by atoms with E-state index in [1.165, 1.54) is 6.92 Å². The first-order valence-corrected chi connectivity index (χ1v) is 8.93. The lowest BCUT2D eigenvalue weighted by Crippen LogP contribution is -2.30. The van der Waals surface area contributed by atoms with Gasteiger partial charge in [-0.15, -0.1) is 0 Å². The molecule has 0 aliphatic heterocycles. The zero-order valence-electron chi connectivity index (χ0n) is 16.3. The van der Waals surface area contributed by atoms with Gasteiger partial charge in [-0.05, 0) is 61.9 Å². The van der Waals surface area contributed by atoms with Gasteiger partial charge in [-0.2, -0.15) is 0 Å². The number of nitrogens with one attached hydrogen (secondary N) is 1. The third-order valence-corrected chi connectivity index (χ3v) is 3.89. The van der Waals surface area contributed by atoms with Crippen LogP contribution in [0.3, 0.4) is 0 Å². The van der Waals surface area contributed by atoms with Crippen molar-refractivity contribution >= 4 is 17.6 Å². The van der Waals surface area contributed by atoms with Crippen LogP contribution in [0.1, 0.15) is 19.8 Å². The quantitative estimate of drug-likeness (QED) is 0.497. The van der Waals surface area contributed by atoms with Crippen LogP contribution >= 0.6 is 0 Å². The predicted octanol–water partition coefficient (Wildman–Crippen LogP) is 3.43. The van der Waals surface area contributed by atoms with Crippen LogP contribution in [0.2, 0.25) is 0 Å². The van der Waals surface area contributed by atoms with E-state index in [9.17, 15) is 9.59 Å². The lowest BCUT2D eigenvalue weighted by atomic mass is 10.2. The molecule has 7 nitrogen and oxygen atoms in total. The summed E-state index contributed by atoms with van der Waals surface area (Å²) >= 11 is 0. The van der Waals surface area contributed by atoms with Gasteiger partial charge in [0.15, 0.2) is 6.10 Å². The number of esters is 1. The zero-order chi connectivity index (χ0) is 20.4. The number of ether oxygens (including phenoxy) is 4. The molecule has 0 aromatic heterocycles.